The van der Waals surface area contributed by atoms with Gasteiger partial charge in [0.1, 0.15) is 6.61 Å². The van der Waals surface area contributed by atoms with Crippen LogP contribution in [0.1, 0.15) is 16.7 Å². The van der Waals surface area contributed by atoms with Crippen molar-refractivity contribution in [3.05, 3.63) is 87.4 Å². The summed E-state index contributed by atoms with van der Waals surface area (Å²) in [6.45, 7) is 3.00. The molecule has 3 rings (SSSR count). The van der Waals surface area contributed by atoms with Crippen LogP contribution in [-0.2, 0) is 13.2 Å². The summed E-state index contributed by atoms with van der Waals surface area (Å²) in [7, 11) is 1.64. The SMILES string of the molecule is COc1cccc(CNc2ccc(C)c(Cl)c2)c1OCc1ccc(Cl)cc1. The maximum Gasteiger partial charge on any atom is 0.166 e. The van der Waals surface area contributed by atoms with Gasteiger partial charge in [0.2, 0.25) is 0 Å². The minimum atomic E-state index is 0.431. The first-order chi connectivity index (χ1) is 13.1. The average molecular weight is 402 g/mol. The van der Waals surface area contributed by atoms with Crippen LogP contribution in [0.25, 0.3) is 0 Å². The molecule has 0 atom stereocenters. The number of hydrogen-bond donors (Lipinski definition) is 1. The minimum Gasteiger partial charge on any atom is -0.493 e. The van der Waals surface area contributed by atoms with Crippen molar-refractivity contribution in [2.45, 2.75) is 20.1 Å². The molecule has 0 amide bonds. The normalized spacial score (nSPS) is 10.5. The van der Waals surface area contributed by atoms with Crippen molar-refractivity contribution in [2.75, 3.05) is 12.4 Å². The summed E-state index contributed by atoms with van der Waals surface area (Å²) < 4.78 is 11.6. The van der Waals surface area contributed by atoms with Crippen molar-refractivity contribution in [3.8, 4) is 11.5 Å². The molecule has 0 spiro atoms. The van der Waals surface area contributed by atoms with Gasteiger partial charge in [-0.1, -0.05) is 53.5 Å². The Morgan fingerprint density at radius 2 is 1.74 bits per heavy atom. The predicted octanol–water partition coefficient (Wildman–Crippen LogP) is 6.50. The lowest BCUT2D eigenvalue weighted by atomic mass is 10.1. The van der Waals surface area contributed by atoms with E-state index in [9.17, 15) is 0 Å². The summed E-state index contributed by atoms with van der Waals surface area (Å²) in [6.07, 6.45) is 0. The van der Waals surface area contributed by atoms with Crippen LogP contribution in [0.15, 0.2) is 60.7 Å². The standard InChI is InChI=1S/C22H21Cl2NO2/c1-15-6-11-19(12-20(15)24)25-13-17-4-3-5-21(26-2)22(17)27-14-16-7-9-18(23)10-8-16/h3-12,25H,13-14H2,1-2H3. The van der Waals surface area contributed by atoms with E-state index in [1.54, 1.807) is 7.11 Å². The molecular formula is C22H21Cl2NO2. The van der Waals surface area contributed by atoms with Crippen LogP contribution in [0.5, 0.6) is 11.5 Å². The van der Waals surface area contributed by atoms with E-state index >= 15 is 0 Å². The summed E-state index contributed by atoms with van der Waals surface area (Å²) in [5, 5.41) is 4.84. The van der Waals surface area contributed by atoms with E-state index in [-0.39, 0.29) is 0 Å². The Morgan fingerprint density at radius 1 is 0.963 bits per heavy atom. The lowest BCUT2D eigenvalue weighted by Gasteiger charge is -2.16. The summed E-state index contributed by atoms with van der Waals surface area (Å²) in [6, 6.07) is 19.4. The number of hydrogen-bond acceptors (Lipinski definition) is 3. The van der Waals surface area contributed by atoms with E-state index in [0.717, 1.165) is 33.1 Å². The fourth-order valence-electron chi connectivity index (χ4n) is 2.66. The summed E-state index contributed by atoms with van der Waals surface area (Å²) in [4.78, 5) is 0. The van der Waals surface area contributed by atoms with Crippen LogP contribution < -0.4 is 14.8 Å². The first kappa shape index (κ1) is 19.4. The van der Waals surface area contributed by atoms with E-state index in [0.29, 0.717) is 23.9 Å². The Morgan fingerprint density at radius 3 is 2.44 bits per heavy atom. The number of methoxy groups -OCH3 is 1. The number of benzene rings is 3. The molecule has 0 unspecified atom stereocenters. The van der Waals surface area contributed by atoms with Gasteiger partial charge in [0.15, 0.2) is 11.5 Å². The van der Waals surface area contributed by atoms with Gasteiger partial charge in [-0.25, -0.2) is 0 Å². The van der Waals surface area contributed by atoms with Crippen LogP contribution in [0, 0.1) is 6.92 Å². The average Bonchev–Trinajstić information content (AvgIpc) is 2.68. The molecular weight excluding hydrogens is 381 g/mol. The number of anilines is 1. The smallest absolute Gasteiger partial charge is 0.166 e. The molecule has 3 aromatic carbocycles. The molecule has 5 heteroatoms. The highest BCUT2D eigenvalue weighted by Gasteiger charge is 2.11. The Balaban J connectivity index is 1.76. The number of para-hydroxylation sites is 1. The van der Waals surface area contributed by atoms with Crippen LogP contribution in [0.4, 0.5) is 5.69 Å². The lowest BCUT2D eigenvalue weighted by molar-refractivity contribution is 0.281. The number of aryl methyl sites for hydroxylation is 1. The van der Waals surface area contributed by atoms with Gasteiger partial charge in [-0.3, -0.25) is 0 Å². The molecule has 0 radical (unpaired) electrons. The molecule has 3 aromatic rings. The fraction of sp³-hybridized carbons (Fsp3) is 0.182. The van der Waals surface area contributed by atoms with Gasteiger partial charge in [0, 0.05) is 27.8 Å². The van der Waals surface area contributed by atoms with Crippen molar-refractivity contribution in [3.63, 3.8) is 0 Å². The maximum absolute atomic E-state index is 6.21. The summed E-state index contributed by atoms with van der Waals surface area (Å²) >= 11 is 12.2. The van der Waals surface area contributed by atoms with E-state index in [1.165, 1.54) is 0 Å². The van der Waals surface area contributed by atoms with Gasteiger partial charge >= 0.3 is 0 Å². The second kappa shape index (κ2) is 9.03. The lowest BCUT2D eigenvalue weighted by Crippen LogP contribution is -2.05. The van der Waals surface area contributed by atoms with Crippen molar-refractivity contribution >= 4 is 28.9 Å². The molecule has 0 aliphatic rings. The Bertz CT molecular complexity index is 911. The third kappa shape index (κ3) is 5.09. The van der Waals surface area contributed by atoms with E-state index in [4.69, 9.17) is 32.7 Å². The number of ether oxygens (including phenoxy) is 2. The topological polar surface area (TPSA) is 30.5 Å². The molecule has 3 nitrogen and oxygen atoms in total. The summed E-state index contributed by atoms with van der Waals surface area (Å²) in [5.41, 5.74) is 4.04. The van der Waals surface area contributed by atoms with Gasteiger partial charge in [0.05, 0.1) is 7.11 Å². The first-order valence-corrected chi connectivity index (χ1v) is 9.35. The Kier molecular flexibility index (Phi) is 6.49. The molecule has 0 aliphatic heterocycles. The van der Waals surface area contributed by atoms with Gasteiger partial charge in [0.25, 0.3) is 0 Å². The minimum absolute atomic E-state index is 0.431. The van der Waals surface area contributed by atoms with E-state index in [2.05, 4.69) is 5.32 Å². The second-order valence-electron chi connectivity index (χ2n) is 6.18. The van der Waals surface area contributed by atoms with Crippen molar-refractivity contribution in [2.24, 2.45) is 0 Å². The molecule has 0 saturated heterocycles. The van der Waals surface area contributed by atoms with Gasteiger partial charge in [-0.15, -0.1) is 0 Å². The van der Waals surface area contributed by atoms with Gasteiger partial charge in [-0.2, -0.15) is 0 Å². The quantitative estimate of drug-likeness (QED) is 0.489. The van der Waals surface area contributed by atoms with Crippen molar-refractivity contribution in [1.82, 2.24) is 0 Å². The van der Waals surface area contributed by atoms with Crippen molar-refractivity contribution in [1.29, 1.82) is 0 Å². The largest absolute Gasteiger partial charge is 0.493 e. The highest BCUT2D eigenvalue weighted by molar-refractivity contribution is 6.31. The summed E-state index contributed by atoms with van der Waals surface area (Å²) in [5.74, 6) is 1.42. The van der Waals surface area contributed by atoms with Crippen LogP contribution in [-0.4, -0.2) is 7.11 Å². The Hall–Kier alpha value is -2.36. The maximum atomic E-state index is 6.21. The number of rotatable bonds is 7. The molecule has 0 aliphatic carbocycles. The molecule has 0 aromatic heterocycles. The van der Waals surface area contributed by atoms with E-state index < -0.39 is 0 Å². The van der Waals surface area contributed by atoms with E-state index in [1.807, 2.05) is 67.6 Å². The fourth-order valence-corrected chi connectivity index (χ4v) is 2.97. The molecule has 0 bridgehead atoms. The van der Waals surface area contributed by atoms with Gasteiger partial charge in [-0.05, 0) is 48.4 Å². The Labute approximate surface area is 169 Å². The van der Waals surface area contributed by atoms with Gasteiger partial charge < -0.3 is 14.8 Å². The first-order valence-electron chi connectivity index (χ1n) is 8.60. The number of nitrogens with one attached hydrogen (secondary N) is 1. The zero-order valence-electron chi connectivity index (χ0n) is 15.3. The zero-order valence-corrected chi connectivity index (χ0v) is 16.8. The highest BCUT2D eigenvalue weighted by Crippen LogP contribution is 2.32. The number of halogens is 2. The van der Waals surface area contributed by atoms with Crippen LogP contribution >= 0.6 is 23.2 Å². The molecule has 0 saturated carbocycles. The predicted molar refractivity (Wildman–Crippen MR) is 112 cm³/mol. The third-order valence-corrected chi connectivity index (χ3v) is 4.89. The molecule has 140 valence electrons. The zero-order chi connectivity index (χ0) is 19.2. The van der Waals surface area contributed by atoms with Crippen LogP contribution in [0.3, 0.4) is 0 Å². The van der Waals surface area contributed by atoms with Crippen LogP contribution in [0.2, 0.25) is 10.0 Å². The second-order valence-corrected chi connectivity index (χ2v) is 7.02. The third-order valence-electron chi connectivity index (χ3n) is 4.23. The monoisotopic (exact) mass is 401 g/mol. The van der Waals surface area contributed by atoms with Crippen molar-refractivity contribution < 1.29 is 9.47 Å². The molecule has 0 fully saturated rings. The molecule has 1 N–H and O–H groups in total. The molecule has 27 heavy (non-hydrogen) atoms. The molecule has 0 heterocycles. The highest BCUT2D eigenvalue weighted by atomic mass is 35.5.